The predicted octanol–water partition coefficient (Wildman–Crippen LogP) is 2.82. The molecule has 0 aromatic heterocycles. The molecule has 0 heterocycles. The third kappa shape index (κ3) is 5.89. The van der Waals surface area contributed by atoms with Gasteiger partial charge in [-0.15, -0.1) is 11.8 Å². The van der Waals surface area contributed by atoms with Crippen LogP contribution < -0.4 is 5.32 Å². The lowest BCUT2D eigenvalue weighted by Gasteiger charge is -2.15. The Morgan fingerprint density at radius 2 is 2.11 bits per heavy atom. The molecule has 1 atom stereocenters. The summed E-state index contributed by atoms with van der Waals surface area (Å²) in [5, 5.41) is 11.8. The van der Waals surface area contributed by atoms with Gasteiger partial charge in [-0.2, -0.15) is 0 Å². The highest BCUT2D eigenvalue weighted by Crippen LogP contribution is 2.20. The largest absolute Gasteiger partial charge is 0.396 e. The number of hydrogen-bond acceptors (Lipinski definition) is 3. The van der Waals surface area contributed by atoms with Crippen molar-refractivity contribution in [2.45, 2.75) is 30.7 Å². The molecule has 0 radical (unpaired) electrons. The molecule has 0 bridgehead atoms. The molecule has 1 aromatic rings. The van der Waals surface area contributed by atoms with Gasteiger partial charge in [-0.1, -0.05) is 22.9 Å². The van der Waals surface area contributed by atoms with Crippen molar-refractivity contribution in [2.75, 3.05) is 12.4 Å². The number of nitrogens with one attached hydrogen (secondary N) is 1. The number of rotatable bonds is 7. The van der Waals surface area contributed by atoms with Gasteiger partial charge in [0, 0.05) is 22.0 Å². The van der Waals surface area contributed by atoms with Gasteiger partial charge in [-0.05, 0) is 37.1 Å². The lowest BCUT2D eigenvalue weighted by Crippen LogP contribution is -2.36. The van der Waals surface area contributed by atoms with E-state index in [0.29, 0.717) is 12.2 Å². The van der Waals surface area contributed by atoms with Crippen molar-refractivity contribution in [2.24, 2.45) is 0 Å². The number of hydrogen-bond donors (Lipinski definition) is 2. The molecule has 0 fully saturated rings. The van der Waals surface area contributed by atoms with Crippen LogP contribution in [0.5, 0.6) is 0 Å². The normalized spacial score (nSPS) is 12.2. The van der Waals surface area contributed by atoms with E-state index in [1.807, 2.05) is 31.2 Å². The second kappa shape index (κ2) is 8.56. The van der Waals surface area contributed by atoms with Crippen LogP contribution in [0.15, 0.2) is 33.6 Å². The summed E-state index contributed by atoms with van der Waals surface area (Å²) in [4.78, 5) is 12.8. The van der Waals surface area contributed by atoms with Gasteiger partial charge in [0.25, 0.3) is 0 Å². The molecule has 0 spiro atoms. The van der Waals surface area contributed by atoms with Gasteiger partial charge < -0.3 is 10.4 Å². The number of benzene rings is 1. The lowest BCUT2D eigenvalue weighted by molar-refractivity contribution is -0.119. The summed E-state index contributed by atoms with van der Waals surface area (Å²) in [7, 11) is 0. The van der Waals surface area contributed by atoms with E-state index in [1.165, 1.54) is 11.8 Å². The number of halogens is 1. The summed E-state index contributed by atoms with van der Waals surface area (Å²) in [5.74, 6) is 0.423. The van der Waals surface area contributed by atoms with Crippen LogP contribution in [0.1, 0.15) is 19.8 Å². The Morgan fingerprint density at radius 1 is 1.44 bits per heavy atom. The third-order valence-electron chi connectivity index (χ3n) is 2.52. The molecule has 100 valence electrons. The number of thioether (sulfide) groups is 1. The summed E-state index contributed by atoms with van der Waals surface area (Å²) in [6.07, 6.45) is 1.46. The Bertz CT molecular complexity index is 370. The average molecular weight is 332 g/mol. The maximum Gasteiger partial charge on any atom is 0.230 e. The number of carbonyl (C=O) groups excluding carboxylic acids is 1. The molecule has 0 aliphatic rings. The van der Waals surface area contributed by atoms with E-state index >= 15 is 0 Å². The fourth-order valence-electron chi connectivity index (χ4n) is 1.48. The highest BCUT2D eigenvalue weighted by atomic mass is 79.9. The summed E-state index contributed by atoms with van der Waals surface area (Å²) >= 11 is 4.89. The number of amides is 1. The molecule has 1 aromatic carbocycles. The fraction of sp³-hybridized carbons (Fsp3) is 0.462. The topological polar surface area (TPSA) is 49.3 Å². The molecule has 0 saturated carbocycles. The van der Waals surface area contributed by atoms with Gasteiger partial charge in [0.15, 0.2) is 0 Å². The van der Waals surface area contributed by atoms with Gasteiger partial charge in [-0.25, -0.2) is 0 Å². The van der Waals surface area contributed by atoms with E-state index in [2.05, 4.69) is 21.2 Å². The van der Waals surface area contributed by atoms with E-state index in [9.17, 15) is 4.79 Å². The van der Waals surface area contributed by atoms with Gasteiger partial charge in [0.05, 0.1) is 5.75 Å². The molecule has 5 heteroatoms. The molecule has 1 unspecified atom stereocenters. The van der Waals surface area contributed by atoms with Crippen molar-refractivity contribution in [3.05, 3.63) is 28.7 Å². The first-order valence-corrected chi connectivity index (χ1v) is 7.72. The smallest absolute Gasteiger partial charge is 0.230 e. The first kappa shape index (κ1) is 15.5. The van der Waals surface area contributed by atoms with E-state index < -0.39 is 0 Å². The van der Waals surface area contributed by atoms with E-state index in [-0.39, 0.29) is 18.6 Å². The zero-order valence-electron chi connectivity index (χ0n) is 10.4. The molecule has 0 saturated heterocycles. The van der Waals surface area contributed by atoms with Crippen molar-refractivity contribution in [1.29, 1.82) is 0 Å². The van der Waals surface area contributed by atoms with Crippen LogP contribution in [-0.2, 0) is 4.79 Å². The van der Waals surface area contributed by atoms with Crippen LogP contribution in [0.3, 0.4) is 0 Å². The van der Waals surface area contributed by atoms with Crippen LogP contribution in [0.25, 0.3) is 0 Å². The SMILES string of the molecule is CCC(CCO)NC(=O)CSc1ccc(Br)cc1. The Kier molecular flexibility index (Phi) is 7.39. The Labute approximate surface area is 120 Å². The first-order chi connectivity index (χ1) is 8.65. The van der Waals surface area contributed by atoms with Crippen LogP contribution in [0.4, 0.5) is 0 Å². The molecule has 2 N–H and O–H groups in total. The molecular weight excluding hydrogens is 314 g/mol. The summed E-state index contributed by atoms with van der Waals surface area (Å²) in [5.41, 5.74) is 0. The molecule has 0 aliphatic carbocycles. The van der Waals surface area contributed by atoms with Crippen molar-refractivity contribution >= 4 is 33.6 Å². The van der Waals surface area contributed by atoms with Crippen LogP contribution in [0, 0.1) is 0 Å². The first-order valence-electron chi connectivity index (χ1n) is 5.94. The Hall–Kier alpha value is -0.520. The minimum absolute atomic E-state index is 0.0169. The molecule has 3 nitrogen and oxygen atoms in total. The maximum atomic E-state index is 11.7. The maximum absolute atomic E-state index is 11.7. The molecule has 1 amide bonds. The second-order valence-corrected chi connectivity index (χ2v) is 5.89. The van der Waals surface area contributed by atoms with Crippen molar-refractivity contribution < 1.29 is 9.90 Å². The zero-order valence-corrected chi connectivity index (χ0v) is 12.8. The highest BCUT2D eigenvalue weighted by Gasteiger charge is 2.09. The van der Waals surface area contributed by atoms with Crippen molar-refractivity contribution in [1.82, 2.24) is 5.32 Å². The van der Waals surface area contributed by atoms with Gasteiger partial charge in [-0.3, -0.25) is 4.79 Å². The molecular formula is C13H18BrNO2S. The number of aliphatic hydroxyl groups excluding tert-OH is 1. The molecule has 1 rings (SSSR count). The number of aliphatic hydroxyl groups is 1. The lowest BCUT2D eigenvalue weighted by atomic mass is 10.1. The Balaban J connectivity index is 2.34. The van der Waals surface area contributed by atoms with E-state index in [4.69, 9.17) is 5.11 Å². The quantitative estimate of drug-likeness (QED) is 0.755. The predicted molar refractivity (Wildman–Crippen MR) is 78.8 cm³/mol. The molecule has 0 aliphatic heterocycles. The fourth-order valence-corrected chi connectivity index (χ4v) is 2.46. The van der Waals surface area contributed by atoms with E-state index in [1.54, 1.807) is 0 Å². The van der Waals surface area contributed by atoms with Gasteiger partial charge >= 0.3 is 0 Å². The zero-order chi connectivity index (χ0) is 13.4. The summed E-state index contributed by atoms with van der Waals surface area (Å²) < 4.78 is 1.03. The second-order valence-electron chi connectivity index (χ2n) is 3.93. The third-order valence-corrected chi connectivity index (χ3v) is 4.06. The summed E-state index contributed by atoms with van der Waals surface area (Å²) in [6, 6.07) is 7.95. The van der Waals surface area contributed by atoms with Crippen LogP contribution in [-0.4, -0.2) is 29.4 Å². The minimum atomic E-state index is 0.0169. The van der Waals surface area contributed by atoms with Crippen LogP contribution >= 0.6 is 27.7 Å². The van der Waals surface area contributed by atoms with Crippen molar-refractivity contribution in [3.8, 4) is 0 Å². The Morgan fingerprint density at radius 3 is 2.67 bits per heavy atom. The minimum Gasteiger partial charge on any atom is -0.396 e. The average Bonchev–Trinajstić information content (AvgIpc) is 2.37. The highest BCUT2D eigenvalue weighted by molar-refractivity contribution is 9.10. The molecule has 18 heavy (non-hydrogen) atoms. The van der Waals surface area contributed by atoms with Crippen LogP contribution in [0.2, 0.25) is 0 Å². The van der Waals surface area contributed by atoms with E-state index in [0.717, 1.165) is 15.8 Å². The monoisotopic (exact) mass is 331 g/mol. The van der Waals surface area contributed by atoms with Gasteiger partial charge in [0.1, 0.15) is 0 Å². The summed E-state index contributed by atoms with van der Waals surface area (Å²) in [6.45, 7) is 2.11. The van der Waals surface area contributed by atoms with Gasteiger partial charge in [0.2, 0.25) is 5.91 Å². The number of carbonyl (C=O) groups is 1. The standard InChI is InChI=1S/C13H18BrNO2S/c1-2-11(7-8-16)15-13(17)9-18-12-5-3-10(14)4-6-12/h3-6,11,16H,2,7-9H2,1H3,(H,15,17). The van der Waals surface area contributed by atoms with Crippen molar-refractivity contribution in [3.63, 3.8) is 0 Å².